The molecule has 0 spiro atoms. The molecule has 0 saturated heterocycles. The van der Waals surface area contributed by atoms with E-state index in [4.69, 9.17) is 16.3 Å². The quantitative estimate of drug-likeness (QED) is 0.577. The van der Waals surface area contributed by atoms with Crippen LogP contribution in [0.1, 0.15) is 24.1 Å². The molecule has 0 saturated carbocycles. The van der Waals surface area contributed by atoms with Gasteiger partial charge in [0.15, 0.2) is 0 Å². The first-order valence-corrected chi connectivity index (χ1v) is 9.76. The Kier molecular flexibility index (Phi) is 6.04. The Balaban J connectivity index is 2.03. The second-order valence-corrected chi connectivity index (χ2v) is 7.77. The summed E-state index contributed by atoms with van der Waals surface area (Å²) in [4.78, 5) is 12.9. The number of pyridine rings is 1. The summed E-state index contributed by atoms with van der Waals surface area (Å²) in [6.45, 7) is 4.04. The maximum absolute atomic E-state index is 12.9. The lowest BCUT2D eigenvalue weighted by molar-refractivity contribution is 0.404. The second-order valence-electron chi connectivity index (χ2n) is 6.71. The number of aryl methyl sites for hydroxylation is 1. The predicted octanol–water partition coefficient (Wildman–Crippen LogP) is 4.79. The van der Waals surface area contributed by atoms with Gasteiger partial charge < -0.3 is 9.30 Å². The average molecular weight is 400 g/mol. The molecule has 0 aliphatic heterocycles. The van der Waals surface area contributed by atoms with Crippen LogP contribution in [0, 0.1) is 6.92 Å². The summed E-state index contributed by atoms with van der Waals surface area (Å²) in [6.07, 6.45) is 2.56. The van der Waals surface area contributed by atoms with E-state index in [1.165, 1.54) is 5.56 Å². The molecule has 0 fully saturated rings. The molecule has 0 amide bonds. The highest BCUT2D eigenvalue weighted by Crippen LogP contribution is 2.33. The van der Waals surface area contributed by atoms with Crippen molar-refractivity contribution in [1.82, 2.24) is 4.57 Å². The first-order chi connectivity index (χ1) is 12.9. The van der Waals surface area contributed by atoms with Crippen LogP contribution in [0.3, 0.4) is 0 Å². The summed E-state index contributed by atoms with van der Waals surface area (Å²) < 4.78 is 7.34. The van der Waals surface area contributed by atoms with Gasteiger partial charge in [0, 0.05) is 22.7 Å². The van der Waals surface area contributed by atoms with E-state index in [1.54, 1.807) is 23.9 Å². The smallest absolute Gasteiger partial charge is 0.251 e. The SMILES string of the molecule is COc1cn(C(C)Cc2ccccc2P)c(=O)cc1-c1cc(Cl)ccc1C. The average Bonchev–Trinajstić information content (AvgIpc) is 2.65. The van der Waals surface area contributed by atoms with Gasteiger partial charge in [-0.2, -0.15) is 0 Å². The van der Waals surface area contributed by atoms with Crippen LogP contribution in [0.4, 0.5) is 0 Å². The molecule has 0 N–H and O–H groups in total. The highest BCUT2D eigenvalue weighted by atomic mass is 35.5. The van der Waals surface area contributed by atoms with Gasteiger partial charge >= 0.3 is 0 Å². The fourth-order valence-corrected chi connectivity index (χ4v) is 3.76. The first kappa shape index (κ1) is 19.7. The van der Waals surface area contributed by atoms with Crippen LogP contribution < -0.4 is 15.6 Å². The van der Waals surface area contributed by atoms with Gasteiger partial charge in [-0.1, -0.05) is 41.9 Å². The largest absolute Gasteiger partial charge is 0.495 e. The minimum atomic E-state index is -0.0566. The van der Waals surface area contributed by atoms with Crippen molar-refractivity contribution in [2.24, 2.45) is 0 Å². The highest BCUT2D eigenvalue weighted by Gasteiger charge is 2.16. The van der Waals surface area contributed by atoms with E-state index >= 15 is 0 Å². The third kappa shape index (κ3) is 4.26. The van der Waals surface area contributed by atoms with Gasteiger partial charge in [0.1, 0.15) is 5.75 Å². The van der Waals surface area contributed by atoms with Crippen molar-refractivity contribution in [3.05, 3.63) is 81.2 Å². The number of halogens is 1. The Morgan fingerprint density at radius 2 is 1.89 bits per heavy atom. The molecule has 3 rings (SSSR count). The highest BCUT2D eigenvalue weighted by molar-refractivity contribution is 7.27. The topological polar surface area (TPSA) is 31.2 Å². The third-order valence-corrected chi connectivity index (χ3v) is 5.60. The minimum Gasteiger partial charge on any atom is -0.495 e. The lowest BCUT2D eigenvalue weighted by Crippen LogP contribution is -2.25. The molecule has 0 aliphatic rings. The van der Waals surface area contributed by atoms with E-state index in [1.807, 2.05) is 44.2 Å². The molecule has 0 bridgehead atoms. The van der Waals surface area contributed by atoms with Crippen LogP contribution in [-0.4, -0.2) is 11.7 Å². The Bertz CT molecular complexity index is 1030. The lowest BCUT2D eigenvalue weighted by Gasteiger charge is -2.19. The monoisotopic (exact) mass is 399 g/mol. The van der Waals surface area contributed by atoms with Crippen LogP contribution in [0.25, 0.3) is 11.1 Å². The molecule has 1 heterocycles. The fraction of sp³-hybridized carbons (Fsp3) is 0.227. The second kappa shape index (κ2) is 8.29. The number of benzene rings is 2. The number of rotatable bonds is 5. The van der Waals surface area contributed by atoms with Crippen molar-refractivity contribution >= 4 is 26.1 Å². The fourth-order valence-electron chi connectivity index (χ4n) is 3.27. The van der Waals surface area contributed by atoms with Crippen LogP contribution in [0.2, 0.25) is 5.02 Å². The van der Waals surface area contributed by atoms with Crippen molar-refractivity contribution in [3.63, 3.8) is 0 Å². The maximum Gasteiger partial charge on any atom is 0.251 e. The molecule has 1 aromatic heterocycles. The van der Waals surface area contributed by atoms with Crippen LogP contribution in [0.5, 0.6) is 5.75 Å². The first-order valence-electron chi connectivity index (χ1n) is 8.80. The van der Waals surface area contributed by atoms with Gasteiger partial charge in [-0.15, -0.1) is 9.24 Å². The zero-order chi connectivity index (χ0) is 19.6. The Morgan fingerprint density at radius 1 is 1.15 bits per heavy atom. The van der Waals surface area contributed by atoms with E-state index in [-0.39, 0.29) is 11.6 Å². The van der Waals surface area contributed by atoms with Gasteiger partial charge in [0.05, 0.1) is 13.3 Å². The molecule has 5 heteroatoms. The zero-order valence-corrected chi connectivity index (χ0v) is 17.6. The van der Waals surface area contributed by atoms with E-state index in [2.05, 4.69) is 21.4 Å². The van der Waals surface area contributed by atoms with Gasteiger partial charge in [-0.05, 0) is 54.4 Å². The van der Waals surface area contributed by atoms with Crippen molar-refractivity contribution in [3.8, 4) is 16.9 Å². The van der Waals surface area contributed by atoms with Gasteiger partial charge in [0.25, 0.3) is 5.56 Å². The molecule has 0 aliphatic carbocycles. The Hall–Kier alpha value is -2.09. The summed E-state index contributed by atoms with van der Waals surface area (Å²) in [5, 5.41) is 1.78. The number of aromatic nitrogens is 1. The van der Waals surface area contributed by atoms with Gasteiger partial charge in [0.2, 0.25) is 0 Å². The molecule has 27 heavy (non-hydrogen) atoms. The van der Waals surface area contributed by atoms with Crippen molar-refractivity contribution in [2.45, 2.75) is 26.3 Å². The van der Waals surface area contributed by atoms with Crippen molar-refractivity contribution in [1.29, 1.82) is 0 Å². The molecule has 3 aromatic rings. The van der Waals surface area contributed by atoms with Crippen LogP contribution >= 0.6 is 20.8 Å². The molecule has 140 valence electrons. The summed E-state index contributed by atoms with van der Waals surface area (Å²) in [5.41, 5.74) is 3.86. The third-order valence-electron chi connectivity index (χ3n) is 4.80. The maximum atomic E-state index is 12.9. The number of ether oxygens (including phenoxy) is 1. The van der Waals surface area contributed by atoms with Crippen molar-refractivity contribution in [2.75, 3.05) is 7.11 Å². The molecular weight excluding hydrogens is 377 g/mol. The number of methoxy groups -OCH3 is 1. The van der Waals surface area contributed by atoms with E-state index in [0.717, 1.165) is 28.4 Å². The van der Waals surface area contributed by atoms with E-state index in [0.29, 0.717) is 10.8 Å². The summed E-state index contributed by atoms with van der Waals surface area (Å²) in [5.74, 6) is 0.658. The van der Waals surface area contributed by atoms with E-state index in [9.17, 15) is 4.79 Å². The normalized spacial score (nSPS) is 12.0. The number of hydrogen-bond acceptors (Lipinski definition) is 2. The lowest BCUT2D eigenvalue weighted by atomic mass is 10.0. The molecular formula is C22H23ClNO2P. The van der Waals surface area contributed by atoms with Gasteiger partial charge in [-0.3, -0.25) is 4.79 Å². The molecule has 2 unspecified atom stereocenters. The molecule has 3 nitrogen and oxygen atoms in total. The number of hydrogen-bond donors (Lipinski definition) is 0. The molecule has 0 radical (unpaired) electrons. The van der Waals surface area contributed by atoms with Crippen LogP contribution in [-0.2, 0) is 6.42 Å². The zero-order valence-electron chi connectivity index (χ0n) is 15.7. The van der Waals surface area contributed by atoms with Gasteiger partial charge in [-0.25, -0.2) is 0 Å². The molecule has 2 atom stereocenters. The Labute approximate surface area is 167 Å². The number of nitrogens with zero attached hydrogens (tertiary/aromatic N) is 1. The molecule has 2 aromatic carbocycles. The summed E-state index contributed by atoms with van der Waals surface area (Å²) in [7, 11) is 4.37. The standard InChI is InChI=1S/C22H23ClNO2P/c1-14-8-9-17(23)11-18(14)19-12-22(25)24(13-20(19)26-3)15(2)10-16-6-4-5-7-21(16)27/h4-9,11-13,15H,10,27H2,1-3H3. The summed E-state index contributed by atoms with van der Waals surface area (Å²) >= 11 is 6.16. The minimum absolute atomic E-state index is 0.00242. The Morgan fingerprint density at radius 3 is 2.59 bits per heavy atom. The summed E-state index contributed by atoms with van der Waals surface area (Å²) in [6, 6.07) is 15.5. The van der Waals surface area contributed by atoms with Crippen molar-refractivity contribution < 1.29 is 4.74 Å². The predicted molar refractivity (Wildman–Crippen MR) is 117 cm³/mol. The van der Waals surface area contributed by atoms with E-state index < -0.39 is 0 Å². The van der Waals surface area contributed by atoms with Crippen LogP contribution in [0.15, 0.2) is 59.5 Å².